The van der Waals surface area contributed by atoms with Crippen LogP contribution in [-0.4, -0.2) is 81.5 Å². The lowest BCUT2D eigenvalue weighted by atomic mass is 9.98. The van der Waals surface area contributed by atoms with Gasteiger partial charge in [-0.25, -0.2) is 4.79 Å². The number of para-hydroxylation sites is 1. The van der Waals surface area contributed by atoms with Crippen molar-refractivity contribution < 1.29 is 34.2 Å². The largest absolute Gasteiger partial charge is 0.481 e. The number of nitrogens with one attached hydrogen (secondary N) is 4. The zero-order valence-electron chi connectivity index (χ0n) is 24.3. The van der Waals surface area contributed by atoms with E-state index >= 15 is 0 Å². The minimum absolute atomic E-state index is 0.0338. The van der Waals surface area contributed by atoms with Crippen molar-refractivity contribution in [2.75, 3.05) is 6.54 Å². The molecule has 0 aliphatic carbocycles. The highest BCUT2D eigenvalue weighted by Gasteiger charge is 2.31. The molecule has 0 aliphatic rings. The number of hydrogen-bond donors (Lipinski definition) is 9. The van der Waals surface area contributed by atoms with Gasteiger partial charge in [0.2, 0.25) is 17.7 Å². The molecule has 5 unspecified atom stereocenters. The molecule has 0 fully saturated rings. The van der Waals surface area contributed by atoms with Crippen molar-refractivity contribution >= 4 is 46.5 Å². The number of carbonyl (C=O) groups is 5. The Morgan fingerprint density at radius 2 is 1.56 bits per heavy atom. The van der Waals surface area contributed by atoms with Crippen LogP contribution in [0.25, 0.3) is 10.9 Å². The summed E-state index contributed by atoms with van der Waals surface area (Å²) < 4.78 is 0. The van der Waals surface area contributed by atoms with Gasteiger partial charge in [0.05, 0.1) is 6.04 Å². The standard InChI is InChI=1S/C28H42N8O7/c1-3-15(2)23(29)26(41)34-19(9-6-12-32-28(30)31)24(39)36-21(13-16-14-33-18-8-5-4-7-17(16)18)25(40)35-20(27(42)43)10-11-22(37)38/h4-5,7-8,14-15,19-21,23,33H,3,6,9-13,29H2,1-2H3,(H,34,41)(H,35,40)(H,36,39)(H,37,38)(H,42,43)(H4,30,31,32). The maximum atomic E-state index is 13.6. The summed E-state index contributed by atoms with van der Waals surface area (Å²) in [6, 6.07) is 2.52. The Hall–Kier alpha value is -4.66. The van der Waals surface area contributed by atoms with E-state index in [1.54, 1.807) is 6.20 Å². The number of nitrogens with zero attached hydrogens (tertiary/aromatic N) is 1. The number of guanidine groups is 1. The van der Waals surface area contributed by atoms with Gasteiger partial charge in [0, 0.05) is 36.5 Å². The van der Waals surface area contributed by atoms with Crippen LogP contribution in [-0.2, 0) is 30.4 Å². The van der Waals surface area contributed by atoms with E-state index in [-0.39, 0.29) is 37.7 Å². The first-order valence-electron chi connectivity index (χ1n) is 14.1. The van der Waals surface area contributed by atoms with Crippen LogP contribution in [0.3, 0.4) is 0 Å². The van der Waals surface area contributed by atoms with Crippen molar-refractivity contribution in [2.24, 2.45) is 28.1 Å². The second-order valence-corrected chi connectivity index (χ2v) is 10.4. The lowest BCUT2D eigenvalue weighted by Crippen LogP contribution is -2.58. The normalized spacial score (nSPS) is 14.5. The van der Waals surface area contributed by atoms with E-state index in [0.717, 1.165) is 10.9 Å². The zero-order valence-corrected chi connectivity index (χ0v) is 24.3. The average Bonchev–Trinajstić information content (AvgIpc) is 3.37. The van der Waals surface area contributed by atoms with Crippen molar-refractivity contribution in [2.45, 2.75) is 76.5 Å². The first-order chi connectivity index (χ1) is 20.3. The molecule has 1 aromatic heterocycles. The number of aliphatic imine (C=N–C) groups is 1. The van der Waals surface area contributed by atoms with Crippen LogP contribution in [0.5, 0.6) is 0 Å². The Bertz CT molecular complexity index is 1310. The lowest BCUT2D eigenvalue weighted by molar-refractivity contribution is -0.143. The molecule has 2 aromatic rings. The number of carboxylic acid groups (broad SMARTS) is 2. The molecule has 0 radical (unpaired) electrons. The summed E-state index contributed by atoms with van der Waals surface area (Å²) in [6.45, 7) is 3.87. The molecule has 2 rings (SSSR count). The van der Waals surface area contributed by atoms with E-state index in [4.69, 9.17) is 22.3 Å². The SMILES string of the molecule is CCC(C)C(N)C(=O)NC(CCCN=C(N)N)C(=O)NC(Cc1c[nH]c2ccccc12)C(=O)NC(CCC(=O)O)C(=O)O. The van der Waals surface area contributed by atoms with E-state index in [9.17, 15) is 29.1 Å². The number of H-pyrrole nitrogens is 1. The van der Waals surface area contributed by atoms with Crippen molar-refractivity contribution in [3.63, 3.8) is 0 Å². The van der Waals surface area contributed by atoms with Crippen molar-refractivity contribution in [1.82, 2.24) is 20.9 Å². The topological polar surface area (TPSA) is 268 Å². The van der Waals surface area contributed by atoms with Crippen LogP contribution in [0.4, 0.5) is 0 Å². The molecule has 0 aliphatic heterocycles. The highest BCUT2D eigenvalue weighted by molar-refractivity contribution is 5.95. The number of carboxylic acids is 2. The van der Waals surface area contributed by atoms with E-state index in [1.807, 2.05) is 38.1 Å². The van der Waals surface area contributed by atoms with Crippen LogP contribution in [0, 0.1) is 5.92 Å². The molecule has 0 spiro atoms. The quantitative estimate of drug-likeness (QED) is 0.0602. The summed E-state index contributed by atoms with van der Waals surface area (Å²) >= 11 is 0. The van der Waals surface area contributed by atoms with Gasteiger partial charge >= 0.3 is 11.9 Å². The molecular formula is C28H42N8O7. The van der Waals surface area contributed by atoms with Gasteiger partial charge in [0.1, 0.15) is 18.1 Å². The molecule has 43 heavy (non-hydrogen) atoms. The van der Waals surface area contributed by atoms with Gasteiger partial charge < -0.3 is 48.3 Å². The molecule has 1 aromatic carbocycles. The van der Waals surface area contributed by atoms with Crippen LogP contribution in [0.15, 0.2) is 35.5 Å². The third-order valence-corrected chi connectivity index (χ3v) is 7.13. The Balaban J connectivity index is 2.35. The minimum Gasteiger partial charge on any atom is -0.481 e. The van der Waals surface area contributed by atoms with Gasteiger partial charge in [-0.05, 0) is 36.8 Å². The molecule has 15 heteroatoms. The molecular weight excluding hydrogens is 560 g/mol. The molecule has 0 bridgehead atoms. The van der Waals surface area contributed by atoms with Crippen LogP contribution < -0.4 is 33.2 Å². The van der Waals surface area contributed by atoms with E-state index in [0.29, 0.717) is 18.4 Å². The molecule has 236 valence electrons. The minimum atomic E-state index is -1.51. The average molecular weight is 603 g/mol. The van der Waals surface area contributed by atoms with Crippen molar-refractivity contribution in [3.8, 4) is 0 Å². The molecule has 1 heterocycles. The van der Waals surface area contributed by atoms with E-state index in [2.05, 4.69) is 25.9 Å². The number of nitrogens with two attached hydrogens (primary N) is 3. The summed E-state index contributed by atoms with van der Waals surface area (Å²) in [4.78, 5) is 69.6. The maximum absolute atomic E-state index is 13.6. The molecule has 15 nitrogen and oxygen atoms in total. The van der Waals surface area contributed by atoms with Gasteiger partial charge in [0.15, 0.2) is 5.96 Å². The zero-order chi connectivity index (χ0) is 32.1. The third-order valence-electron chi connectivity index (χ3n) is 7.13. The van der Waals surface area contributed by atoms with Gasteiger partial charge in [0.25, 0.3) is 0 Å². The molecule has 5 atom stereocenters. The predicted octanol–water partition coefficient (Wildman–Crippen LogP) is -0.459. The second kappa shape index (κ2) is 16.7. The maximum Gasteiger partial charge on any atom is 0.326 e. The number of aromatic amines is 1. The van der Waals surface area contributed by atoms with Crippen molar-refractivity contribution in [1.29, 1.82) is 0 Å². The summed E-state index contributed by atoms with van der Waals surface area (Å²) in [5, 5.41) is 27.0. The predicted molar refractivity (Wildman–Crippen MR) is 160 cm³/mol. The van der Waals surface area contributed by atoms with Gasteiger partial charge in [-0.3, -0.25) is 24.2 Å². The van der Waals surface area contributed by atoms with Gasteiger partial charge in [-0.15, -0.1) is 0 Å². The first kappa shape index (κ1) is 34.5. The summed E-state index contributed by atoms with van der Waals surface area (Å²) in [5.41, 5.74) is 18.3. The number of fused-ring (bicyclic) bond motifs is 1. The number of rotatable bonds is 18. The molecule has 3 amide bonds. The highest BCUT2D eigenvalue weighted by atomic mass is 16.4. The Labute approximate surface area is 249 Å². The monoisotopic (exact) mass is 602 g/mol. The molecule has 0 saturated carbocycles. The van der Waals surface area contributed by atoms with Gasteiger partial charge in [-0.2, -0.15) is 0 Å². The van der Waals surface area contributed by atoms with E-state index < -0.39 is 60.2 Å². The van der Waals surface area contributed by atoms with Gasteiger partial charge in [-0.1, -0.05) is 38.5 Å². The van der Waals surface area contributed by atoms with Crippen LogP contribution in [0.1, 0.15) is 51.5 Å². The Morgan fingerprint density at radius 1 is 0.930 bits per heavy atom. The Kier molecular flexibility index (Phi) is 13.4. The second-order valence-electron chi connectivity index (χ2n) is 10.4. The Morgan fingerprint density at radius 3 is 2.19 bits per heavy atom. The number of hydrogen-bond acceptors (Lipinski definition) is 7. The fourth-order valence-electron chi connectivity index (χ4n) is 4.35. The third kappa shape index (κ3) is 10.9. The smallest absolute Gasteiger partial charge is 0.326 e. The number of aliphatic carboxylic acids is 2. The fourth-order valence-corrected chi connectivity index (χ4v) is 4.35. The number of benzene rings is 1. The first-order valence-corrected chi connectivity index (χ1v) is 14.1. The van der Waals surface area contributed by atoms with Crippen LogP contribution in [0.2, 0.25) is 0 Å². The molecule has 12 N–H and O–H groups in total. The fraction of sp³-hybridized carbons (Fsp3) is 0.500. The number of aromatic nitrogens is 1. The lowest BCUT2D eigenvalue weighted by Gasteiger charge is -2.26. The highest BCUT2D eigenvalue weighted by Crippen LogP contribution is 2.19. The summed E-state index contributed by atoms with van der Waals surface area (Å²) in [5.74, 6) is -5.02. The summed E-state index contributed by atoms with van der Waals surface area (Å²) in [7, 11) is 0. The summed E-state index contributed by atoms with van der Waals surface area (Å²) in [6.07, 6.45) is 1.85. The van der Waals surface area contributed by atoms with Crippen LogP contribution >= 0.6 is 0 Å². The number of amides is 3. The number of carbonyl (C=O) groups excluding carboxylic acids is 3. The molecule has 0 saturated heterocycles. The van der Waals surface area contributed by atoms with Crippen molar-refractivity contribution in [3.05, 3.63) is 36.0 Å². The van der Waals surface area contributed by atoms with E-state index in [1.165, 1.54) is 0 Å².